The van der Waals surface area contributed by atoms with Gasteiger partial charge in [-0.25, -0.2) is 18.0 Å². The molecule has 110 valence electrons. The van der Waals surface area contributed by atoms with Crippen LogP contribution in [0, 0.1) is 5.41 Å². The molecule has 1 N–H and O–H groups in total. The summed E-state index contributed by atoms with van der Waals surface area (Å²) in [5.41, 5.74) is -1.34. The molecule has 1 rings (SSSR count). The maximum atomic E-state index is 12.7. The van der Waals surface area contributed by atoms with Crippen molar-refractivity contribution in [3.8, 4) is 5.75 Å². The van der Waals surface area contributed by atoms with Crippen LogP contribution in [0.1, 0.15) is 15.9 Å². The molecular weight excluding hydrogens is 273 g/mol. The highest BCUT2D eigenvalue weighted by Gasteiger charge is 2.27. The van der Waals surface area contributed by atoms with Crippen molar-refractivity contribution < 1.29 is 27.8 Å². The number of halogens is 3. The summed E-state index contributed by atoms with van der Waals surface area (Å²) in [5.74, 6) is -1.03. The quantitative estimate of drug-likeness (QED) is 0.837. The van der Waals surface area contributed by atoms with Gasteiger partial charge in [-0.2, -0.15) is 0 Å². The number of aromatic carboxylic acids is 1. The van der Waals surface area contributed by atoms with Crippen molar-refractivity contribution in [3.05, 3.63) is 35.4 Å². The van der Waals surface area contributed by atoms with Crippen LogP contribution in [-0.2, 0) is 0 Å². The minimum atomic E-state index is -1.78. The highest BCUT2D eigenvalue weighted by molar-refractivity contribution is 5.91. The molecule has 1 aromatic rings. The smallest absolute Gasteiger partial charge is 0.339 e. The average Bonchev–Trinajstić information content (AvgIpc) is 2.48. The first-order chi connectivity index (χ1) is 9.51. The summed E-state index contributed by atoms with van der Waals surface area (Å²) in [6.45, 7) is -3.46. The Hall–Kier alpha value is -1.98. The van der Waals surface area contributed by atoms with Gasteiger partial charge < -0.3 is 9.84 Å². The van der Waals surface area contributed by atoms with Crippen molar-refractivity contribution in [3.63, 3.8) is 0 Å². The second-order valence-electron chi connectivity index (χ2n) is 4.36. The molecule has 6 heteroatoms. The molecular formula is C14H15F3O3. The average molecular weight is 288 g/mol. The fourth-order valence-electron chi connectivity index (χ4n) is 1.50. The number of allylic oxidation sites excluding steroid dienone is 1. The number of ether oxygens (including phenoxy) is 1. The molecule has 0 spiro atoms. The lowest BCUT2D eigenvalue weighted by Crippen LogP contribution is -2.25. The van der Waals surface area contributed by atoms with Crippen LogP contribution < -0.4 is 4.74 Å². The van der Waals surface area contributed by atoms with Gasteiger partial charge in [0.05, 0.1) is 12.5 Å². The second kappa shape index (κ2) is 6.98. The summed E-state index contributed by atoms with van der Waals surface area (Å²) >= 11 is 0. The maximum Gasteiger partial charge on any atom is 0.339 e. The molecule has 0 aromatic heterocycles. The Kier molecular flexibility index (Phi) is 5.61. The normalized spacial score (nSPS) is 11.8. The van der Waals surface area contributed by atoms with Crippen molar-refractivity contribution in [2.45, 2.75) is 0 Å². The molecule has 0 fully saturated rings. The van der Waals surface area contributed by atoms with E-state index in [4.69, 9.17) is 9.84 Å². The van der Waals surface area contributed by atoms with E-state index in [2.05, 4.69) is 0 Å². The molecule has 0 atom stereocenters. The van der Waals surface area contributed by atoms with Crippen LogP contribution in [-0.4, -0.2) is 38.2 Å². The van der Waals surface area contributed by atoms with E-state index in [1.54, 1.807) is 0 Å². The summed E-state index contributed by atoms with van der Waals surface area (Å²) < 4.78 is 43.0. The Balaban J connectivity index is 3.07. The van der Waals surface area contributed by atoms with Crippen molar-refractivity contribution in [2.75, 3.05) is 27.1 Å². The molecule has 0 bridgehead atoms. The van der Waals surface area contributed by atoms with Crippen molar-refractivity contribution >= 4 is 12.0 Å². The molecule has 0 aliphatic heterocycles. The van der Waals surface area contributed by atoms with E-state index in [1.807, 2.05) is 0 Å². The van der Waals surface area contributed by atoms with E-state index >= 15 is 0 Å². The van der Waals surface area contributed by atoms with E-state index in [0.29, 0.717) is 5.56 Å². The third kappa shape index (κ3) is 3.53. The number of carboxylic acid groups (broad SMARTS) is 1. The van der Waals surface area contributed by atoms with Crippen LogP contribution in [0.25, 0.3) is 6.08 Å². The number of alkyl halides is 3. The Bertz CT molecular complexity index is 488. The lowest BCUT2D eigenvalue weighted by Gasteiger charge is -2.19. The Morgan fingerprint density at radius 1 is 1.30 bits per heavy atom. The zero-order chi connectivity index (χ0) is 15.2. The second-order valence-corrected chi connectivity index (χ2v) is 4.36. The predicted octanol–water partition coefficient (Wildman–Crippen LogP) is 3.30. The van der Waals surface area contributed by atoms with Gasteiger partial charge in [-0.15, -0.1) is 0 Å². The van der Waals surface area contributed by atoms with Gasteiger partial charge in [0.1, 0.15) is 31.3 Å². The fourth-order valence-corrected chi connectivity index (χ4v) is 1.50. The van der Waals surface area contributed by atoms with Crippen LogP contribution in [0.15, 0.2) is 24.3 Å². The van der Waals surface area contributed by atoms with E-state index in [-0.39, 0.29) is 11.3 Å². The fraction of sp³-hybridized carbons (Fsp3) is 0.357. The van der Waals surface area contributed by atoms with Gasteiger partial charge in [-0.3, -0.25) is 0 Å². The minimum absolute atomic E-state index is 0.0302. The number of benzene rings is 1. The van der Waals surface area contributed by atoms with Crippen molar-refractivity contribution in [1.29, 1.82) is 0 Å². The predicted molar refractivity (Wildman–Crippen MR) is 69.3 cm³/mol. The minimum Gasteiger partial charge on any atom is -0.496 e. The lowest BCUT2D eigenvalue weighted by molar-refractivity contribution is 0.0693. The summed E-state index contributed by atoms with van der Waals surface area (Å²) in [5, 5.41) is 8.91. The number of rotatable bonds is 7. The molecule has 0 heterocycles. The first-order valence-corrected chi connectivity index (χ1v) is 5.80. The largest absolute Gasteiger partial charge is 0.496 e. The molecule has 20 heavy (non-hydrogen) atoms. The molecule has 0 aliphatic carbocycles. The number of methoxy groups -OCH3 is 1. The molecule has 0 aliphatic rings. The van der Waals surface area contributed by atoms with Crippen molar-refractivity contribution in [1.82, 2.24) is 0 Å². The first kappa shape index (κ1) is 16.1. The molecule has 0 unspecified atom stereocenters. The van der Waals surface area contributed by atoms with Gasteiger partial charge in [0.25, 0.3) is 0 Å². The summed E-state index contributed by atoms with van der Waals surface area (Å²) in [6.07, 6.45) is 2.45. The summed E-state index contributed by atoms with van der Waals surface area (Å²) in [6, 6.07) is 4.16. The topological polar surface area (TPSA) is 46.5 Å². The first-order valence-electron chi connectivity index (χ1n) is 5.80. The number of hydrogen-bond acceptors (Lipinski definition) is 2. The van der Waals surface area contributed by atoms with Gasteiger partial charge in [-0.05, 0) is 17.7 Å². The highest BCUT2D eigenvalue weighted by atomic mass is 19.1. The maximum absolute atomic E-state index is 12.7. The molecule has 0 saturated heterocycles. The van der Waals surface area contributed by atoms with E-state index < -0.39 is 31.4 Å². The molecule has 0 amide bonds. The highest BCUT2D eigenvalue weighted by Crippen LogP contribution is 2.25. The lowest BCUT2D eigenvalue weighted by atomic mass is 9.92. The van der Waals surface area contributed by atoms with Crippen LogP contribution >= 0.6 is 0 Å². The van der Waals surface area contributed by atoms with Crippen LogP contribution in [0.3, 0.4) is 0 Å². The third-order valence-electron chi connectivity index (χ3n) is 2.88. The van der Waals surface area contributed by atoms with Gasteiger partial charge in [0.2, 0.25) is 0 Å². The van der Waals surface area contributed by atoms with Gasteiger partial charge in [0.15, 0.2) is 0 Å². The summed E-state index contributed by atoms with van der Waals surface area (Å²) in [7, 11) is 1.31. The molecule has 0 saturated carbocycles. The van der Waals surface area contributed by atoms with E-state index in [9.17, 15) is 18.0 Å². The zero-order valence-corrected chi connectivity index (χ0v) is 10.9. The number of hydrogen-bond donors (Lipinski definition) is 1. The third-order valence-corrected chi connectivity index (χ3v) is 2.88. The Morgan fingerprint density at radius 2 is 1.90 bits per heavy atom. The number of carboxylic acids is 1. The van der Waals surface area contributed by atoms with Gasteiger partial charge in [-0.1, -0.05) is 18.2 Å². The Labute approximate surface area is 114 Å². The molecule has 1 aromatic carbocycles. The van der Waals surface area contributed by atoms with Crippen LogP contribution in [0.4, 0.5) is 13.2 Å². The summed E-state index contributed by atoms with van der Waals surface area (Å²) in [4.78, 5) is 10.9. The van der Waals surface area contributed by atoms with Crippen molar-refractivity contribution in [2.24, 2.45) is 5.41 Å². The Morgan fingerprint density at radius 3 is 2.35 bits per heavy atom. The number of carbonyl (C=O) groups is 1. The zero-order valence-electron chi connectivity index (χ0n) is 10.9. The van der Waals surface area contributed by atoms with Crippen LogP contribution in [0.2, 0.25) is 0 Å². The molecule has 0 radical (unpaired) electrons. The van der Waals surface area contributed by atoms with Gasteiger partial charge in [0, 0.05) is 0 Å². The van der Waals surface area contributed by atoms with E-state index in [0.717, 1.165) is 6.08 Å². The van der Waals surface area contributed by atoms with E-state index in [1.165, 1.54) is 31.4 Å². The SMILES string of the molecule is COc1cc(/C=C/C(CF)(CF)CF)ccc1C(=O)O. The standard InChI is InChI=1S/C14H15F3O3/c1-20-12-6-10(2-3-11(12)13(18)19)4-5-14(7-15,8-16)9-17/h2-6H,7-9H2,1H3,(H,18,19)/b5-4+. The van der Waals surface area contributed by atoms with Crippen LogP contribution in [0.5, 0.6) is 5.75 Å². The van der Waals surface area contributed by atoms with Gasteiger partial charge >= 0.3 is 5.97 Å². The monoisotopic (exact) mass is 288 g/mol. The molecule has 3 nitrogen and oxygen atoms in total.